The van der Waals surface area contributed by atoms with Gasteiger partial charge in [-0.05, 0) is 42.9 Å². The lowest BCUT2D eigenvalue weighted by molar-refractivity contribution is 0.0779. The van der Waals surface area contributed by atoms with Gasteiger partial charge in [0.05, 0.1) is 10.6 Å². The van der Waals surface area contributed by atoms with E-state index in [2.05, 4.69) is 0 Å². The van der Waals surface area contributed by atoms with Crippen molar-refractivity contribution in [2.45, 2.75) is 18.9 Å². The zero-order valence-corrected chi connectivity index (χ0v) is 12.5. The van der Waals surface area contributed by atoms with E-state index in [4.69, 9.17) is 17.3 Å². The largest absolute Gasteiger partial charge is 0.338 e. The average molecular weight is 319 g/mol. The van der Waals surface area contributed by atoms with Crippen LogP contribution in [0, 0.1) is 17.7 Å². The van der Waals surface area contributed by atoms with Crippen LogP contribution in [0.1, 0.15) is 23.2 Å². The van der Waals surface area contributed by atoms with Crippen molar-refractivity contribution in [3.05, 3.63) is 34.6 Å². The molecule has 3 rings (SSSR count). The third-order valence-corrected chi connectivity index (χ3v) is 4.67. The summed E-state index contributed by atoms with van der Waals surface area (Å²) in [5, 5.41) is 0.173. The van der Waals surface area contributed by atoms with E-state index < -0.39 is 5.82 Å². The van der Waals surface area contributed by atoms with Crippen molar-refractivity contribution in [3.63, 3.8) is 0 Å². The van der Waals surface area contributed by atoms with Crippen LogP contribution >= 0.6 is 24.0 Å². The van der Waals surface area contributed by atoms with Crippen molar-refractivity contribution in [1.29, 1.82) is 0 Å². The molecular formula is C14H17Cl2FN2O. The number of nitrogens with two attached hydrogens (primary N) is 1. The molecule has 1 aliphatic carbocycles. The van der Waals surface area contributed by atoms with Gasteiger partial charge in [-0.1, -0.05) is 11.6 Å². The van der Waals surface area contributed by atoms with Gasteiger partial charge in [-0.25, -0.2) is 4.39 Å². The van der Waals surface area contributed by atoms with Crippen molar-refractivity contribution >= 4 is 29.9 Å². The second kappa shape index (κ2) is 5.88. The molecule has 2 fully saturated rings. The van der Waals surface area contributed by atoms with E-state index in [0.29, 0.717) is 23.9 Å². The Bertz CT molecular complexity index is 526. The second-order valence-electron chi connectivity index (χ2n) is 5.50. The SMILES string of the molecule is Cl.NC1CCC2CN(C(=O)c3ccc(F)cc3Cl)CC12. The molecule has 3 atom stereocenters. The van der Waals surface area contributed by atoms with Crippen molar-refractivity contribution in [1.82, 2.24) is 4.90 Å². The van der Waals surface area contributed by atoms with Gasteiger partial charge in [0.15, 0.2) is 0 Å². The first kappa shape index (κ1) is 15.5. The summed E-state index contributed by atoms with van der Waals surface area (Å²) in [5.41, 5.74) is 6.43. The van der Waals surface area contributed by atoms with Crippen molar-refractivity contribution in [2.24, 2.45) is 17.6 Å². The molecule has 3 unspecified atom stereocenters. The summed E-state index contributed by atoms with van der Waals surface area (Å²) in [6.07, 6.45) is 2.14. The lowest BCUT2D eigenvalue weighted by Gasteiger charge is -2.19. The van der Waals surface area contributed by atoms with Crippen LogP contribution < -0.4 is 5.73 Å². The van der Waals surface area contributed by atoms with Gasteiger partial charge in [0.2, 0.25) is 0 Å². The first-order chi connectivity index (χ1) is 9.06. The Morgan fingerprint density at radius 1 is 1.35 bits per heavy atom. The fourth-order valence-electron chi connectivity index (χ4n) is 3.31. The van der Waals surface area contributed by atoms with E-state index in [9.17, 15) is 9.18 Å². The molecule has 1 amide bonds. The van der Waals surface area contributed by atoms with Crippen molar-refractivity contribution < 1.29 is 9.18 Å². The summed E-state index contributed by atoms with van der Waals surface area (Å²) >= 11 is 5.94. The fourth-order valence-corrected chi connectivity index (χ4v) is 3.55. The highest BCUT2D eigenvalue weighted by Gasteiger charge is 2.42. The normalized spacial score (nSPS) is 28.1. The molecule has 0 bridgehead atoms. The number of rotatable bonds is 1. The molecule has 2 aliphatic rings. The van der Waals surface area contributed by atoms with E-state index in [0.717, 1.165) is 19.4 Å². The van der Waals surface area contributed by atoms with Crippen LogP contribution in [0.5, 0.6) is 0 Å². The molecule has 1 aliphatic heterocycles. The molecule has 6 heteroatoms. The van der Waals surface area contributed by atoms with E-state index in [1.54, 1.807) is 4.90 Å². The van der Waals surface area contributed by atoms with Gasteiger partial charge in [-0.2, -0.15) is 0 Å². The Balaban J connectivity index is 0.00000147. The van der Waals surface area contributed by atoms with Crippen LogP contribution in [0.3, 0.4) is 0 Å². The van der Waals surface area contributed by atoms with E-state index >= 15 is 0 Å². The maximum absolute atomic E-state index is 13.0. The van der Waals surface area contributed by atoms with E-state index in [-0.39, 0.29) is 29.4 Å². The van der Waals surface area contributed by atoms with E-state index in [1.165, 1.54) is 18.2 Å². The highest BCUT2D eigenvalue weighted by Crippen LogP contribution is 2.38. The minimum absolute atomic E-state index is 0. The van der Waals surface area contributed by atoms with Crippen LogP contribution in [0.4, 0.5) is 4.39 Å². The Labute approximate surface area is 128 Å². The Hall–Kier alpha value is -0.840. The smallest absolute Gasteiger partial charge is 0.255 e. The van der Waals surface area contributed by atoms with Crippen molar-refractivity contribution in [3.8, 4) is 0 Å². The lowest BCUT2D eigenvalue weighted by Crippen LogP contribution is -2.33. The predicted molar refractivity (Wildman–Crippen MR) is 78.8 cm³/mol. The molecule has 1 aromatic carbocycles. The fraction of sp³-hybridized carbons (Fsp3) is 0.500. The number of benzene rings is 1. The monoisotopic (exact) mass is 318 g/mol. The Morgan fingerprint density at radius 2 is 2.10 bits per heavy atom. The number of hydrogen-bond donors (Lipinski definition) is 1. The Kier molecular flexibility index (Phi) is 4.57. The molecule has 0 aromatic heterocycles. The first-order valence-electron chi connectivity index (χ1n) is 6.56. The maximum Gasteiger partial charge on any atom is 0.255 e. The van der Waals surface area contributed by atoms with Gasteiger partial charge in [0, 0.05) is 19.1 Å². The summed E-state index contributed by atoms with van der Waals surface area (Å²) < 4.78 is 13.0. The van der Waals surface area contributed by atoms with Crippen molar-refractivity contribution in [2.75, 3.05) is 13.1 Å². The number of likely N-dealkylation sites (tertiary alicyclic amines) is 1. The molecular weight excluding hydrogens is 302 g/mol. The van der Waals surface area contributed by atoms with Gasteiger partial charge in [-0.15, -0.1) is 12.4 Å². The highest BCUT2D eigenvalue weighted by atomic mass is 35.5. The summed E-state index contributed by atoms with van der Waals surface area (Å²) in [5.74, 6) is 0.370. The molecule has 1 saturated carbocycles. The van der Waals surface area contributed by atoms with Crippen LogP contribution in [0.15, 0.2) is 18.2 Å². The molecule has 0 radical (unpaired) electrons. The molecule has 20 heavy (non-hydrogen) atoms. The zero-order valence-electron chi connectivity index (χ0n) is 10.9. The van der Waals surface area contributed by atoms with Crippen LogP contribution in [0.25, 0.3) is 0 Å². The number of carbonyl (C=O) groups excluding carboxylic acids is 1. The molecule has 0 spiro atoms. The Morgan fingerprint density at radius 3 is 2.75 bits per heavy atom. The number of nitrogens with zero attached hydrogens (tertiary/aromatic N) is 1. The maximum atomic E-state index is 13.0. The summed E-state index contributed by atoms with van der Waals surface area (Å²) in [6, 6.07) is 4.10. The zero-order chi connectivity index (χ0) is 13.6. The molecule has 1 heterocycles. The number of fused-ring (bicyclic) bond motifs is 1. The first-order valence-corrected chi connectivity index (χ1v) is 6.94. The van der Waals surface area contributed by atoms with Crippen LogP contribution in [0.2, 0.25) is 5.02 Å². The quantitative estimate of drug-likeness (QED) is 0.865. The number of halogens is 3. The van der Waals surface area contributed by atoms with Gasteiger partial charge in [-0.3, -0.25) is 4.79 Å². The van der Waals surface area contributed by atoms with Crippen LogP contribution in [-0.4, -0.2) is 29.9 Å². The number of carbonyl (C=O) groups is 1. The molecule has 1 aromatic rings. The lowest BCUT2D eigenvalue weighted by atomic mass is 9.98. The van der Waals surface area contributed by atoms with Gasteiger partial charge >= 0.3 is 0 Å². The predicted octanol–water partition coefficient (Wildman–Crippen LogP) is 2.71. The van der Waals surface area contributed by atoms with Gasteiger partial charge < -0.3 is 10.6 Å². The number of amides is 1. The van der Waals surface area contributed by atoms with Gasteiger partial charge in [0.25, 0.3) is 5.91 Å². The standard InChI is InChI=1S/C14H16ClFN2O.ClH/c15-12-5-9(16)2-3-10(12)14(19)18-6-8-1-4-13(17)11(8)7-18;/h2-3,5,8,11,13H,1,4,6-7,17H2;1H. The highest BCUT2D eigenvalue weighted by molar-refractivity contribution is 6.33. The minimum Gasteiger partial charge on any atom is -0.338 e. The van der Waals surface area contributed by atoms with Gasteiger partial charge in [0.1, 0.15) is 5.82 Å². The third-order valence-electron chi connectivity index (χ3n) is 4.36. The molecule has 3 nitrogen and oxygen atoms in total. The topological polar surface area (TPSA) is 46.3 Å². The molecule has 2 N–H and O–H groups in total. The summed E-state index contributed by atoms with van der Waals surface area (Å²) in [6.45, 7) is 1.43. The summed E-state index contributed by atoms with van der Waals surface area (Å²) in [4.78, 5) is 14.2. The summed E-state index contributed by atoms with van der Waals surface area (Å²) in [7, 11) is 0. The molecule has 1 saturated heterocycles. The number of hydrogen-bond acceptors (Lipinski definition) is 2. The minimum atomic E-state index is -0.429. The average Bonchev–Trinajstić information content (AvgIpc) is 2.91. The third kappa shape index (κ3) is 2.65. The van der Waals surface area contributed by atoms with E-state index in [1.807, 2.05) is 0 Å². The molecule has 110 valence electrons. The second-order valence-corrected chi connectivity index (χ2v) is 5.91. The van der Waals surface area contributed by atoms with Crippen LogP contribution in [-0.2, 0) is 0 Å².